The van der Waals surface area contributed by atoms with Crippen LogP contribution in [0.3, 0.4) is 0 Å². The van der Waals surface area contributed by atoms with Gasteiger partial charge in [-0.2, -0.15) is 0 Å². The van der Waals surface area contributed by atoms with Crippen molar-refractivity contribution in [3.05, 3.63) is 12.7 Å². The summed E-state index contributed by atoms with van der Waals surface area (Å²) < 4.78 is -0.488. The molecular weight excluding hydrogens is 350 g/mol. The molecule has 0 aliphatic carbocycles. The smallest absolute Gasteiger partial charge is 0.362 e. The van der Waals surface area contributed by atoms with Crippen LogP contribution < -0.4 is 5.11 Å². The molecule has 2 N–H and O–H groups in total. The Morgan fingerprint density at radius 1 is 0.889 bits per heavy atom. The lowest BCUT2D eigenvalue weighted by atomic mass is 9.94. The van der Waals surface area contributed by atoms with Gasteiger partial charge in [-0.15, -0.1) is 6.58 Å². The van der Waals surface area contributed by atoms with E-state index < -0.39 is 40.5 Å². The first-order valence-electron chi connectivity index (χ1n) is 9.88. The number of carbonyl (C=O) groups is 3. The first kappa shape index (κ1) is 25.1. The third-order valence-electron chi connectivity index (χ3n) is 5.45. The van der Waals surface area contributed by atoms with Gasteiger partial charge in [0, 0.05) is 19.3 Å². The molecule has 0 heterocycles. The number of unbranched alkanes of at least 4 members (excludes halogenated alkanes) is 4. The van der Waals surface area contributed by atoms with E-state index in [0.29, 0.717) is 6.42 Å². The molecule has 0 spiro atoms. The third-order valence-corrected chi connectivity index (χ3v) is 5.45. The molecule has 3 unspecified atom stereocenters. The van der Waals surface area contributed by atoms with Crippen LogP contribution in [0, 0.1) is 0 Å². The summed E-state index contributed by atoms with van der Waals surface area (Å²) in [6.07, 6.45) is 6.34. The van der Waals surface area contributed by atoms with Crippen molar-refractivity contribution in [3.8, 4) is 0 Å². The average molecular weight is 386 g/mol. The van der Waals surface area contributed by atoms with E-state index in [0.717, 1.165) is 25.7 Å². The maximum Gasteiger partial charge on any atom is 0.362 e. The van der Waals surface area contributed by atoms with Gasteiger partial charge in [-0.3, -0.25) is 4.48 Å². The van der Waals surface area contributed by atoms with Crippen molar-refractivity contribution in [2.45, 2.75) is 90.3 Å². The minimum atomic E-state index is -1.39. The van der Waals surface area contributed by atoms with Crippen molar-refractivity contribution in [1.29, 1.82) is 0 Å². The van der Waals surface area contributed by atoms with Crippen molar-refractivity contribution >= 4 is 17.9 Å². The minimum Gasteiger partial charge on any atom is -0.544 e. The maximum absolute atomic E-state index is 12.0. The molecule has 7 heteroatoms. The Kier molecular flexibility index (Phi) is 11.6. The van der Waals surface area contributed by atoms with Gasteiger partial charge in [-0.05, 0) is 25.7 Å². The van der Waals surface area contributed by atoms with Crippen molar-refractivity contribution in [2.75, 3.05) is 6.54 Å². The summed E-state index contributed by atoms with van der Waals surface area (Å²) in [5.41, 5.74) is 0. The average Bonchev–Trinajstić information content (AvgIpc) is 2.58. The number of hydrogen-bond acceptors (Lipinski definition) is 4. The van der Waals surface area contributed by atoms with Gasteiger partial charge in [0.05, 0.1) is 12.5 Å². The minimum absolute atomic E-state index is 0.117. The summed E-state index contributed by atoms with van der Waals surface area (Å²) in [7, 11) is 0. The number of carboxylic acid groups (broad SMARTS) is 3. The van der Waals surface area contributed by atoms with Crippen LogP contribution in [0.2, 0.25) is 0 Å². The van der Waals surface area contributed by atoms with Crippen molar-refractivity contribution in [1.82, 2.24) is 0 Å². The highest BCUT2D eigenvalue weighted by atomic mass is 16.4. The molecule has 0 aliphatic rings. The number of carbonyl (C=O) groups excluding carboxylic acids is 1. The van der Waals surface area contributed by atoms with Crippen LogP contribution in [0.4, 0.5) is 0 Å². The SMILES string of the molecule is C=CCCCCCC[N+](C(CC)C(=O)[O-])(C(CC)C(=O)O)C(CC)C(=O)O. The Hall–Kier alpha value is -1.89. The molecule has 0 radical (unpaired) electrons. The van der Waals surface area contributed by atoms with E-state index in [-0.39, 0.29) is 25.8 Å². The van der Waals surface area contributed by atoms with Crippen molar-refractivity contribution in [3.63, 3.8) is 0 Å². The number of aliphatic carboxylic acids is 3. The Balaban J connectivity index is 6.05. The van der Waals surface area contributed by atoms with Crippen LogP contribution in [0.15, 0.2) is 12.7 Å². The van der Waals surface area contributed by atoms with Crippen molar-refractivity contribution < 1.29 is 34.2 Å². The highest BCUT2D eigenvalue weighted by Gasteiger charge is 2.53. The van der Waals surface area contributed by atoms with Gasteiger partial charge in [0.2, 0.25) is 0 Å². The molecule has 0 rings (SSSR count). The fourth-order valence-corrected chi connectivity index (χ4v) is 4.29. The maximum atomic E-state index is 12.0. The molecule has 0 aromatic heterocycles. The van der Waals surface area contributed by atoms with Crippen molar-refractivity contribution in [2.24, 2.45) is 0 Å². The number of quaternary nitrogens is 1. The fourth-order valence-electron chi connectivity index (χ4n) is 4.29. The highest BCUT2D eigenvalue weighted by Crippen LogP contribution is 2.32. The predicted molar refractivity (Wildman–Crippen MR) is 101 cm³/mol. The summed E-state index contributed by atoms with van der Waals surface area (Å²) >= 11 is 0. The molecule has 0 aromatic carbocycles. The number of rotatable bonds is 16. The van der Waals surface area contributed by atoms with E-state index in [4.69, 9.17) is 0 Å². The van der Waals surface area contributed by atoms with Gasteiger partial charge >= 0.3 is 11.9 Å². The molecule has 0 aliphatic heterocycles. The molecule has 27 heavy (non-hydrogen) atoms. The highest BCUT2D eigenvalue weighted by molar-refractivity contribution is 5.77. The molecule has 7 nitrogen and oxygen atoms in total. The van der Waals surface area contributed by atoms with Gasteiger partial charge in [0.15, 0.2) is 12.1 Å². The molecule has 0 amide bonds. The van der Waals surface area contributed by atoms with Crippen LogP contribution >= 0.6 is 0 Å². The number of carboxylic acids is 3. The van der Waals surface area contributed by atoms with Crippen LogP contribution in [0.5, 0.6) is 0 Å². The zero-order valence-electron chi connectivity index (χ0n) is 16.9. The topological polar surface area (TPSA) is 115 Å². The number of nitrogens with zero attached hydrogens (tertiary/aromatic N) is 1. The third kappa shape index (κ3) is 6.34. The fraction of sp³-hybridized carbons (Fsp3) is 0.750. The van der Waals surface area contributed by atoms with E-state index in [1.54, 1.807) is 20.8 Å². The zero-order valence-corrected chi connectivity index (χ0v) is 16.9. The van der Waals surface area contributed by atoms with Crippen LogP contribution in [-0.2, 0) is 14.4 Å². The zero-order chi connectivity index (χ0) is 21.0. The first-order valence-corrected chi connectivity index (χ1v) is 9.88. The van der Waals surface area contributed by atoms with Crippen LogP contribution in [0.25, 0.3) is 0 Å². The second-order valence-corrected chi connectivity index (χ2v) is 6.98. The number of allylic oxidation sites excluding steroid dienone is 1. The molecule has 156 valence electrons. The predicted octanol–water partition coefficient (Wildman–Crippen LogP) is 2.19. The number of hydrogen-bond donors (Lipinski definition) is 2. The molecule has 0 saturated heterocycles. The lowest BCUT2D eigenvalue weighted by Crippen LogP contribution is -2.73. The van der Waals surface area contributed by atoms with Crippen LogP contribution in [0.1, 0.15) is 72.1 Å². The monoisotopic (exact) mass is 385 g/mol. The van der Waals surface area contributed by atoms with Gasteiger partial charge in [-0.1, -0.05) is 33.3 Å². The quantitative estimate of drug-likeness (QED) is 0.239. The van der Waals surface area contributed by atoms with E-state index in [9.17, 15) is 29.7 Å². The Morgan fingerprint density at radius 3 is 1.67 bits per heavy atom. The van der Waals surface area contributed by atoms with Gasteiger partial charge in [-0.25, -0.2) is 9.59 Å². The lowest BCUT2D eigenvalue weighted by Gasteiger charge is -2.51. The van der Waals surface area contributed by atoms with E-state index in [1.807, 2.05) is 6.08 Å². The largest absolute Gasteiger partial charge is 0.544 e. The summed E-state index contributed by atoms with van der Waals surface area (Å²) in [5, 5.41) is 31.5. The van der Waals surface area contributed by atoms with E-state index in [2.05, 4.69) is 6.58 Å². The van der Waals surface area contributed by atoms with E-state index >= 15 is 0 Å². The molecule has 0 fully saturated rings. The second-order valence-electron chi connectivity index (χ2n) is 6.98. The molecule has 3 atom stereocenters. The summed E-state index contributed by atoms with van der Waals surface area (Å²) in [6, 6.07) is -3.40. The molecule has 0 aromatic rings. The Bertz CT molecular complexity index is 450. The summed E-state index contributed by atoms with van der Waals surface area (Å²) in [5.74, 6) is -3.71. The van der Waals surface area contributed by atoms with E-state index in [1.165, 1.54) is 0 Å². The normalized spacial score (nSPS) is 16.7. The molecular formula is C20H35NO6. The summed E-state index contributed by atoms with van der Waals surface area (Å²) in [4.78, 5) is 35.9. The lowest BCUT2D eigenvalue weighted by molar-refractivity contribution is -0.974. The standard InChI is InChI=1S/C20H35NO6/c1-5-9-10-11-12-13-14-21(15(6-2)18(22)23,16(7-3)19(24)25)17(8-4)20(26)27/h5,15-17H,1,6-14H2,2-4H3,(H2-,22,23,24,25,26,27). The molecule has 0 bridgehead atoms. The Morgan fingerprint density at radius 2 is 1.33 bits per heavy atom. The van der Waals surface area contributed by atoms with Gasteiger partial charge < -0.3 is 20.1 Å². The van der Waals surface area contributed by atoms with Crippen LogP contribution in [-0.4, -0.2) is 57.3 Å². The Labute approximate surface area is 162 Å². The first-order chi connectivity index (χ1) is 12.7. The molecule has 0 saturated carbocycles. The summed E-state index contributed by atoms with van der Waals surface area (Å²) in [6.45, 7) is 8.82. The van der Waals surface area contributed by atoms with Gasteiger partial charge in [0.25, 0.3) is 0 Å². The van der Waals surface area contributed by atoms with Gasteiger partial charge in [0.1, 0.15) is 6.04 Å². The second kappa shape index (κ2) is 12.5.